The van der Waals surface area contributed by atoms with Crippen molar-refractivity contribution < 1.29 is 0 Å². The Kier molecular flexibility index (Phi) is 4.68. The van der Waals surface area contributed by atoms with Crippen LogP contribution in [0.5, 0.6) is 0 Å². The molecule has 2 heterocycles. The molecule has 0 saturated carbocycles. The van der Waals surface area contributed by atoms with E-state index in [0.29, 0.717) is 12.2 Å². The summed E-state index contributed by atoms with van der Waals surface area (Å²) in [5.74, 6) is 0. The van der Waals surface area contributed by atoms with Gasteiger partial charge in [-0.3, -0.25) is 4.79 Å². The first kappa shape index (κ1) is 16.0. The fraction of sp³-hybridized carbons (Fsp3) is 0.500. The van der Waals surface area contributed by atoms with Gasteiger partial charge in [-0.15, -0.1) is 11.3 Å². The predicted octanol–water partition coefficient (Wildman–Crippen LogP) is 2.84. The lowest BCUT2D eigenvalue weighted by Crippen LogP contribution is -2.21. The van der Waals surface area contributed by atoms with Crippen LogP contribution in [0, 0.1) is 0 Å². The lowest BCUT2D eigenvalue weighted by Gasteiger charge is -2.13. The van der Waals surface area contributed by atoms with Gasteiger partial charge in [-0.1, -0.05) is 32.4 Å². The summed E-state index contributed by atoms with van der Waals surface area (Å²) in [6, 6.07) is 0. The Morgan fingerprint density at radius 2 is 2.14 bits per heavy atom. The lowest BCUT2D eigenvalue weighted by molar-refractivity contribution is 0.583. The molecule has 0 spiro atoms. The summed E-state index contributed by atoms with van der Waals surface area (Å²) in [7, 11) is 1.57. The van der Waals surface area contributed by atoms with Crippen LogP contribution in [0.15, 0.2) is 16.4 Å². The minimum Gasteiger partial charge on any atom is -0.382 e. The average molecular weight is 327 g/mol. The number of aryl methyl sites for hydroxylation is 1. The van der Waals surface area contributed by atoms with E-state index in [1.165, 1.54) is 4.68 Å². The molecule has 0 aliphatic rings. The van der Waals surface area contributed by atoms with E-state index in [1.54, 1.807) is 24.6 Å². The summed E-state index contributed by atoms with van der Waals surface area (Å²) in [5, 5.41) is 10.5. The first-order valence-corrected chi connectivity index (χ1v) is 7.95. The van der Waals surface area contributed by atoms with E-state index in [0.717, 1.165) is 17.1 Å². The Morgan fingerprint density at radius 3 is 2.76 bits per heavy atom. The van der Waals surface area contributed by atoms with Gasteiger partial charge in [0.2, 0.25) is 0 Å². The molecule has 0 bridgehead atoms. The average Bonchev–Trinajstić information content (AvgIpc) is 2.87. The van der Waals surface area contributed by atoms with E-state index in [-0.39, 0.29) is 16.0 Å². The maximum atomic E-state index is 11.7. The fourth-order valence-corrected chi connectivity index (χ4v) is 2.91. The second-order valence-electron chi connectivity index (χ2n) is 5.87. The Hall–Kier alpha value is -1.40. The zero-order chi connectivity index (χ0) is 15.6. The Bertz CT molecular complexity index is 687. The number of hydrogen-bond acceptors (Lipinski definition) is 5. The van der Waals surface area contributed by atoms with Gasteiger partial charge in [0.05, 0.1) is 22.6 Å². The second-order valence-corrected chi connectivity index (χ2v) is 7.11. The van der Waals surface area contributed by atoms with Crippen LogP contribution < -0.4 is 10.9 Å². The van der Waals surface area contributed by atoms with Crippen LogP contribution in [-0.2, 0) is 18.9 Å². The van der Waals surface area contributed by atoms with Crippen molar-refractivity contribution in [3.05, 3.63) is 37.7 Å². The van der Waals surface area contributed by atoms with E-state index in [9.17, 15) is 4.79 Å². The Balaban J connectivity index is 1.98. The molecular formula is C14H19ClN4OS. The first-order chi connectivity index (χ1) is 9.79. The highest BCUT2D eigenvalue weighted by atomic mass is 35.5. The fourth-order valence-electron chi connectivity index (χ4n) is 1.73. The van der Waals surface area contributed by atoms with Crippen LogP contribution in [0.1, 0.15) is 31.5 Å². The molecule has 21 heavy (non-hydrogen) atoms. The molecule has 0 fully saturated rings. The third kappa shape index (κ3) is 3.83. The summed E-state index contributed by atoms with van der Waals surface area (Å²) in [5.41, 5.74) is 1.39. The van der Waals surface area contributed by atoms with Crippen molar-refractivity contribution in [3.63, 3.8) is 0 Å². The number of thiazole rings is 1. The van der Waals surface area contributed by atoms with Crippen molar-refractivity contribution in [1.29, 1.82) is 0 Å². The normalized spacial score (nSPS) is 11.7. The number of rotatable bonds is 4. The summed E-state index contributed by atoms with van der Waals surface area (Å²) < 4.78 is 1.21. The largest absolute Gasteiger partial charge is 0.382 e. The van der Waals surface area contributed by atoms with Crippen molar-refractivity contribution in [3.8, 4) is 0 Å². The molecule has 2 aromatic rings. The van der Waals surface area contributed by atoms with Gasteiger partial charge < -0.3 is 5.32 Å². The SMILES string of the molecule is Cn1ncc(NCCc2csc(C(C)(C)C)n2)c(Cl)c1=O. The number of aromatic nitrogens is 3. The van der Waals surface area contributed by atoms with Gasteiger partial charge in [0.25, 0.3) is 5.56 Å². The molecule has 0 unspecified atom stereocenters. The molecule has 0 atom stereocenters. The molecule has 0 amide bonds. The molecule has 7 heteroatoms. The van der Waals surface area contributed by atoms with E-state index >= 15 is 0 Å². The van der Waals surface area contributed by atoms with Crippen molar-refractivity contribution in [1.82, 2.24) is 14.8 Å². The Morgan fingerprint density at radius 1 is 1.43 bits per heavy atom. The number of nitrogens with zero attached hydrogens (tertiary/aromatic N) is 3. The molecule has 2 aromatic heterocycles. The van der Waals surface area contributed by atoms with Crippen LogP contribution in [0.4, 0.5) is 5.69 Å². The quantitative estimate of drug-likeness (QED) is 0.938. The first-order valence-electron chi connectivity index (χ1n) is 6.69. The van der Waals surface area contributed by atoms with Gasteiger partial charge in [-0.05, 0) is 0 Å². The minimum atomic E-state index is -0.301. The van der Waals surface area contributed by atoms with Crippen molar-refractivity contribution in [2.75, 3.05) is 11.9 Å². The van der Waals surface area contributed by atoms with E-state index in [4.69, 9.17) is 11.6 Å². The van der Waals surface area contributed by atoms with Crippen LogP contribution in [0.3, 0.4) is 0 Å². The highest BCUT2D eigenvalue weighted by Crippen LogP contribution is 2.25. The smallest absolute Gasteiger partial charge is 0.287 e. The topological polar surface area (TPSA) is 59.8 Å². The highest BCUT2D eigenvalue weighted by Gasteiger charge is 2.17. The molecule has 114 valence electrons. The molecule has 5 nitrogen and oxygen atoms in total. The zero-order valence-corrected chi connectivity index (χ0v) is 14.2. The van der Waals surface area contributed by atoms with E-state index < -0.39 is 0 Å². The molecule has 1 N–H and O–H groups in total. The predicted molar refractivity (Wildman–Crippen MR) is 87.5 cm³/mol. The number of halogens is 1. The molecular weight excluding hydrogens is 308 g/mol. The standard InChI is InChI=1S/C14H19ClN4OS/c1-14(2,3)13-18-9(8-21-13)5-6-16-10-7-17-19(4)12(20)11(10)15/h7-8,16H,5-6H2,1-4H3. The number of nitrogens with one attached hydrogen (secondary N) is 1. The van der Waals surface area contributed by atoms with Crippen LogP contribution in [0.2, 0.25) is 5.02 Å². The minimum absolute atomic E-state index is 0.0786. The maximum absolute atomic E-state index is 11.7. The van der Waals surface area contributed by atoms with Crippen LogP contribution in [0.25, 0.3) is 0 Å². The van der Waals surface area contributed by atoms with Crippen molar-refractivity contribution in [2.45, 2.75) is 32.6 Å². The summed E-state index contributed by atoms with van der Waals surface area (Å²) >= 11 is 7.67. The second kappa shape index (κ2) is 6.15. The maximum Gasteiger partial charge on any atom is 0.287 e. The molecule has 0 saturated heterocycles. The molecule has 0 aliphatic heterocycles. The van der Waals surface area contributed by atoms with Gasteiger partial charge >= 0.3 is 0 Å². The third-order valence-corrected chi connectivity index (χ3v) is 4.65. The third-order valence-electron chi connectivity index (χ3n) is 2.97. The van der Waals surface area contributed by atoms with Gasteiger partial charge in [0, 0.05) is 30.8 Å². The van der Waals surface area contributed by atoms with Gasteiger partial charge in [0.1, 0.15) is 5.02 Å². The van der Waals surface area contributed by atoms with Crippen molar-refractivity contribution in [2.24, 2.45) is 7.05 Å². The Labute approximate surface area is 133 Å². The zero-order valence-electron chi connectivity index (χ0n) is 12.6. The lowest BCUT2D eigenvalue weighted by atomic mass is 9.98. The van der Waals surface area contributed by atoms with Crippen LogP contribution >= 0.6 is 22.9 Å². The van der Waals surface area contributed by atoms with Gasteiger partial charge in [0.15, 0.2) is 0 Å². The van der Waals surface area contributed by atoms with E-state index in [1.807, 2.05) is 0 Å². The number of anilines is 1. The molecule has 0 radical (unpaired) electrons. The van der Waals surface area contributed by atoms with E-state index in [2.05, 4.69) is 41.6 Å². The van der Waals surface area contributed by atoms with Gasteiger partial charge in [-0.2, -0.15) is 5.10 Å². The van der Waals surface area contributed by atoms with Gasteiger partial charge in [-0.25, -0.2) is 9.67 Å². The molecule has 0 aromatic carbocycles. The number of hydrogen-bond donors (Lipinski definition) is 1. The van der Waals surface area contributed by atoms with Crippen LogP contribution in [-0.4, -0.2) is 21.3 Å². The summed E-state index contributed by atoms with van der Waals surface area (Å²) in [4.78, 5) is 16.3. The molecule has 2 rings (SSSR count). The highest BCUT2D eigenvalue weighted by molar-refractivity contribution is 7.09. The van der Waals surface area contributed by atoms with Crippen molar-refractivity contribution >= 4 is 28.6 Å². The monoisotopic (exact) mass is 326 g/mol. The summed E-state index contributed by atoms with van der Waals surface area (Å²) in [6.45, 7) is 7.11. The summed E-state index contributed by atoms with van der Waals surface area (Å²) in [6.07, 6.45) is 2.34. The molecule has 0 aliphatic carbocycles.